The van der Waals surface area contributed by atoms with E-state index in [2.05, 4.69) is 15.4 Å². The highest BCUT2D eigenvalue weighted by atomic mass is 19.4. The standard InChI is InChI=1S/C14H15F3N2O4/c1-8-13(21)19-10-6-9(2-3-11(10)23-8)18-12(20)4-5-22-7-14(15,16)17/h2-3,6,8H,4-5,7H2,1H3,(H,18,20)(H,19,21). The van der Waals surface area contributed by atoms with Gasteiger partial charge in [-0.25, -0.2) is 0 Å². The van der Waals surface area contributed by atoms with Gasteiger partial charge in [-0.05, 0) is 25.1 Å². The van der Waals surface area contributed by atoms with Crippen molar-refractivity contribution in [1.82, 2.24) is 0 Å². The molecule has 2 rings (SSSR count). The van der Waals surface area contributed by atoms with Gasteiger partial charge in [0.2, 0.25) is 5.91 Å². The normalized spacial score (nSPS) is 17.0. The minimum atomic E-state index is -4.41. The first kappa shape index (κ1) is 17.1. The van der Waals surface area contributed by atoms with Crippen LogP contribution in [0, 0.1) is 0 Å². The average molecular weight is 332 g/mol. The molecule has 1 heterocycles. The molecule has 0 bridgehead atoms. The van der Waals surface area contributed by atoms with Crippen LogP contribution >= 0.6 is 0 Å². The maximum atomic E-state index is 11.9. The van der Waals surface area contributed by atoms with Crippen molar-refractivity contribution in [1.29, 1.82) is 0 Å². The lowest BCUT2D eigenvalue weighted by Gasteiger charge is -2.23. The molecule has 0 aliphatic carbocycles. The third-order valence-corrected chi connectivity index (χ3v) is 2.93. The quantitative estimate of drug-likeness (QED) is 0.811. The fraction of sp³-hybridized carbons (Fsp3) is 0.429. The molecule has 126 valence electrons. The number of anilines is 2. The van der Waals surface area contributed by atoms with E-state index in [1.165, 1.54) is 6.07 Å². The number of carbonyl (C=O) groups excluding carboxylic acids is 2. The van der Waals surface area contributed by atoms with E-state index in [1.54, 1.807) is 19.1 Å². The Bertz CT molecular complexity index is 604. The molecule has 23 heavy (non-hydrogen) atoms. The number of ether oxygens (including phenoxy) is 2. The molecule has 6 nitrogen and oxygen atoms in total. The first-order valence-electron chi connectivity index (χ1n) is 6.80. The number of hydrogen-bond acceptors (Lipinski definition) is 4. The van der Waals surface area contributed by atoms with Crippen molar-refractivity contribution >= 4 is 23.2 Å². The zero-order valence-electron chi connectivity index (χ0n) is 12.2. The van der Waals surface area contributed by atoms with Crippen LogP contribution in [0.2, 0.25) is 0 Å². The van der Waals surface area contributed by atoms with Crippen molar-refractivity contribution in [2.24, 2.45) is 0 Å². The summed E-state index contributed by atoms with van der Waals surface area (Å²) in [4.78, 5) is 23.1. The van der Waals surface area contributed by atoms with Crippen LogP contribution < -0.4 is 15.4 Å². The molecule has 9 heteroatoms. The zero-order valence-corrected chi connectivity index (χ0v) is 12.2. The molecule has 1 aliphatic rings. The molecule has 0 fully saturated rings. The van der Waals surface area contributed by atoms with Gasteiger partial charge in [0, 0.05) is 5.69 Å². The third-order valence-electron chi connectivity index (χ3n) is 2.93. The van der Waals surface area contributed by atoms with Gasteiger partial charge in [-0.15, -0.1) is 0 Å². The molecule has 1 aromatic rings. The number of alkyl halides is 3. The second kappa shape index (κ2) is 6.86. The Morgan fingerprint density at radius 2 is 2.17 bits per heavy atom. The number of fused-ring (bicyclic) bond motifs is 1. The summed E-state index contributed by atoms with van der Waals surface area (Å²) in [5.41, 5.74) is 0.808. The minimum Gasteiger partial charge on any atom is -0.479 e. The summed E-state index contributed by atoms with van der Waals surface area (Å²) in [5, 5.41) is 5.14. The number of halogens is 3. The molecular weight excluding hydrogens is 317 g/mol. The lowest BCUT2D eigenvalue weighted by molar-refractivity contribution is -0.174. The zero-order chi connectivity index (χ0) is 17.0. The van der Waals surface area contributed by atoms with Crippen molar-refractivity contribution < 1.29 is 32.2 Å². The van der Waals surface area contributed by atoms with E-state index in [9.17, 15) is 22.8 Å². The van der Waals surface area contributed by atoms with Gasteiger partial charge < -0.3 is 20.1 Å². The monoisotopic (exact) mass is 332 g/mol. The van der Waals surface area contributed by atoms with Gasteiger partial charge in [0.1, 0.15) is 12.4 Å². The fourth-order valence-electron chi connectivity index (χ4n) is 1.86. The highest BCUT2D eigenvalue weighted by molar-refractivity contribution is 5.99. The number of nitrogens with one attached hydrogen (secondary N) is 2. The van der Waals surface area contributed by atoms with Gasteiger partial charge in [0.05, 0.1) is 18.7 Å². The maximum Gasteiger partial charge on any atom is 0.411 e. The Morgan fingerprint density at radius 3 is 2.87 bits per heavy atom. The van der Waals surface area contributed by atoms with Gasteiger partial charge in [-0.2, -0.15) is 13.2 Å². The number of hydrogen-bond donors (Lipinski definition) is 2. The summed E-state index contributed by atoms with van der Waals surface area (Å²) < 4.78 is 45.3. The van der Waals surface area contributed by atoms with Gasteiger partial charge in [0.15, 0.2) is 6.10 Å². The first-order valence-corrected chi connectivity index (χ1v) is 6.80. The highest BCUT2D eigenvalue weighted by Gasteiger charge is 2.27. The van der Waals surface area contributed by atoms with Crippen molar-refractivity contribution in [3.8, 4) is 5.75 Å². The number of carbonyl (C=O) groups is 2. The smallest absolute Gasteiger partial charge is 0.411 e. The van der Waals surface area contributed by atoms with E-state index in [0.717, 1.165) is 0 Å². The Labute approximate surface area is 129 Å². The van der Waals surface area contributed by atoms with Crippen LogP contribution in [0.3, 0.4) is 0 Å². The molecule has 0 aromatic heterocycles. The molecule has 2 N–H and O–H groups in total. The van der Waals surface area contributed by atoms with Gasteiger partial charge in [-0.1, -0.05) is 0 Å². The van der Waals surface area contributed by atoms with E-state index in [4.69, 9.17) is 4.74 Å². The Kier molecular flexibility index (Phi) is 5.09. The Hall–Kier alpha value is -2.29. The second-order valence-corrected chi connectivity index (χ2v) is 4.93. The molecule has 1 aliphatic heterocycles. The largest absolute Gasteiger partial charge is 0.479 e. The van der Waals surface area contributed by atoms with Crippen LogP contribution in [0.15, 0.2) is 18.2 Å². The molecule has 0 saturated carbocycles. The Morgan fingerprint density at radius 1 is 1.43 bits per heavy atom. The van der Waals surface area contributed by atoms with Gasteiger partial charge in [-0.3, -0.25) is 9.59 Å². The maximum absolute atomic E-state index is 11.9. The van der Waals surface area contributed by atoms with Crippen molar-refractivity contribution in [2.45, 2.75) is 25.6 Å². The van der Waals surface area contributed by atoms with E-state index in [0.29, 0.717) is 17.1 Å². The SMILES string of the molecule is CC1Oc2ccc(NC(=O)CCOCC(F)(F)F)cc2NC1=O. The van der Waals surface area contributed by atoms with Crippen molar-refractivity contribution in [3.05, 3.63) is 18.2 Å². The average Bonchev–Trinajstić information content (AvgIpc) is 2.44. The Balaban J connectivity index is 1.85. The van der Waals surface area contributed by atoms with E-state index >= 15 is 0 Å². The van der Waals surface area contributed by atoms with Crippen LogP contribution in [0.5, 0.6) is 5.75 Å². The third kappa shape index (κ3) is 5.13. The molecule has 0 spiro atoms. The summed E-state index contributed by atoms with van der Waals surface area (Å²) in [6, 6.07) is 4.66. The fourth-order valence-corrected chi connectivity index (χ4v) is 1.86. The van der Waals surface area contributed by atoms with Gasteiger partial charge in [0.25, 0.3) is 5.91 Å². The molecule has 2 amide bonds. The summed E-state index contributed by atoms with van der Waals surface area (Å²) in [6.07, 6.45) is -5.23. The molecule has 0 radical (unpaired) electrons. The van der Waals surface area contributed by atoms with Crippen LogP contribution in [-0.4, -0.2) is 37.3 Å². The molecule has 1 unspecified atom stereocenters. The van der Waals surface area contributed by atoms with Crippen LogP contribution in [0.4, 0.5) is 24.5 Å². The van der Waals surface area contributed by atoms with E-state index in [1.807, 2.05) is 0 Å². The first-order chi connectivity index (χ1) is 10.7. The summed E-state index contributed by atoms with van der Waals surface area (Å²) in [6.45, 7) is -0.122. The second-order valence-electron chi connectivity index (χ2n) is 4.93. The minimum absolute atomic E-state index is 0.215. The number of amides is 2. The van der Waals surface area contributed by atoms with Crippen molar-refractivity contribution in [2.75, 3.05) is 23.8 Å². The number of rotatable bonds is 5. The summed E-state index contributed by atoms with van der Waals surface area (Å²) in [5.74, 6) is -0.325. The lowest BCUT2D eigenvalue weighted by atomic mass is 10.2. The molecular formula is C14H15F3N2O4. The molecule has 1 atom stereocenters. The van der Waals surface area contributed by atoms with Crippen molar-refractivity contribution in [3.63, 3.8) is 0 Å². The lowest BCUT2D eigenvalue weighted by Crippen LogP contribution is -2.34. The predicted molar refractivity (Wildman–Crippen MR) is 75.3 cm³/mol. The van der Waals surface area contributed by atoms with Gasteiger partial charge >= 0.3 is 6.18 Å². The summed E-state index contributed by atoms with van der Waals surface area (Å²) in [7, 11) is 0. The van der Waals surface area contributed by atoms with E-state index < -0.39 is 24.8 Å². The molecule has 0 saturated heterocycles. The van der Waals surface area contributed by atoms with Crippen LogP contribution in [0.25, 0.3) is 0 Å². The number of benzene rings is 1. The van der Waals surface area contributed by atoms with E-state index in [-0.39, 0.29) is 18.9 Å². The van der Waals surface area contributed by atoms with Crippen LogP contribution in [-0.2, 0) is 14.3 Å². The highest BCUT2D eigenvalue weighted by Crippen LogP contribution is 2.32. The topological polar surface area (TPSA) is 76.7 Å². The predicted octanol–water partition coefficient (Wildman–Crippen LogP) is 2.31. The van der Waals surface area contributed by atoms with Crippen LogP contribution in [0.1, 0.15) is 13.3 Å². The summed E-state index contributed by atoms with van der Waals surface area (Å²) >= 11 is 0. The molecule has 1 aromatic carbocycles.